The minimum atomic E-state index is -5.92. The van der Waals surface area contributed by atoms with Gasteiger partial charge in [0.1, 0.15) is 17.1 Å². The van der Waals surface area contributed by atoms with Crippen LogP contribution in [0.4, 0.5) is 46.9 Å². The van der Waals surface area contributed by atoms with E-state index in [0.717, 1.165) is 12.1 Å². The number of hydrogen-bond donors (Lipinski definition) is 0. The molecule has 1 aromatic carbocycles. The van der Waals surface area contributed by atoms with Gasteiger partial charge in [-0.2, -0.15) is 27.1 Å². The average molecular weight is 562 g/mol. The molecular weight excluding hydrogens is 535 g/mol. The van der Waals surface area contributed by atoms with E-state index in [9.17, 15) is 35.5 Å². The highest BCUT2D eigenvalue weighted by molar-refractivity contribution is 5.95. The number of aromatic nitrogens is 1. The van der Waals surface area contributed by atoms with E-state index in [4.69, 9.17) is 4.74 Å². The molecule has 1 unspecified atom stereocenters. The predicted molar refractivity (Wildman–Crippen MR) is 129 cm³/mol. The van der Waals surface area contributed by atoms with Gasteiger partial charge < -0.3 is 14.5 Å². The van der Waals surface area contributed by atoms with Gasteiger partial charge in [0, 0.05) is 44.9 Å². The van der Waals surface area contributed by atoms with Crippen LogP contribution in [0, 0.1) is 11.6 Å². The number of carbonyl (C=O) groups excluding carboxylic acids is 1. The largest absolute Gasteiger partial charge is 0.459 e. The molecule has 1 fully saturated rings. The van der Waals surface area contributed by atoms with Crippen molar-refractivity contribution in [3.05, 3.63) is 53.9 Å². The first kappa shape index (κ1) is 28.4. The summed E-state index contributed by atoms with van der Waals surface area (Å²) in [4.78, 5) is 19.9. The Morgan fingerprint density at radius 1 is 0.974 bits per heavy atom. The molecule has 2 aromatic rings. The van der Waals surface area contributed by atoms with E-state index in [2.05, 4.69) is 10.1 Å². The van der Waals surface area contributed by atoms with Crippen molar-refractivity contribution >= 4 is 23.2 Å². The van der Waals surface area contributed by atoms with Crippen molar-refractivity contribution in [2.24, 2.45) is 5.10 Å². The quantitative estimate of drug-likeness (QED) is 0.434. The monoisotopic (exact) mass is 561 g/mol. The standard InChI is InChI=1S/C25H26F7N5O2/c1-23(2,3)39-22(38)36-8-6-35(7-9-36)17-10-15(13-33-14-17)20-12-21(24(28,29)25(30,31)32)34-37(20)19-5-4-16(26)11-18(19)27/h4-5,10-11,13-14,20H,6-9,12H2,1-3H3. The molecule has 2 aliphatic heterocycles. The summed E-state index contributed by atoms with van der Waals surface area (Å²) in [5, 5.41) is 4.16. The Balaban J connectivity index is 1.60. The number of pyridine rings is 1. The number of amides is 1. The Labute approximate surface area is 219 Å². The zero-order valence-corrected chi connectivity index (χ0v) is 21.3. The van der Waals surface area contributed by atoms with Gasteiger partial charge in [-0.15, -0.1) is 0 Å². The second kappa shape index (κ2) is 10.2. The van der Waals surface area contributed by atoms with Gasteiger partial charge >= 0.3 is 18.2 Å². The zero-order valence-electron chi connectivity index (χ0n) is 21.3. The molecule has 4 rings (SSSR count). The Morgan fingerprint density at radius 3 is 2.23 bits per heavy atom. The van der Waals surface area contributed by atoms with E-state index in [-0.39, 0.29) is 5.56 Å². The van der Waals surface area contributed by atoms with Crippen LogP contribution >= 0.6 is 0 Å². The first-order valence-electron chi connectivity index (χ1n) is 12.0. The number of piperazine rings is 1. The third-order valence-electron chi connectivity index (χ3n) is 6.21. The summed E-state index contributed by atoms with van der Waals surface area (Å²) >= 11 is 0. The zero-order chi connectivity index (χ0) is 28.8. The lowest BCUT2D eigenvalue weighted by molar-refractivity contribution is -0.249. The van der Waals surface area contributed by atoms with Crippen LogP contribution in [-0.2, 0) is 4.74 Å². The summed E-state index contributed by atoms with van der Waals surface area (Å²) in [5.74, 6) is -7.40. The highest BCUT2D eigenvalue weighted by atomic mass is 19.4. The van der Waals surface area contributed by atoms with Gasteiger partial charge in [-0.05, 0) is 44.5 Å². The maximum absolute atomic E-state index is 14.6. The lowest BCUT2D eigenvalue weighted by Gasteiger charge is -2.37. The van der Waals surface area contributed by atoms with Crippen molar-refractivity contribution in [1.29, 1.82) is 0 Å². The molecule has 0 bridgehead atoms. The molecule has 0 radical (unpaired) electrons. The lowest BCUT2D eigenvalue weighted by atomic mass is 9.99. The topological polar surface area (TPSA) is 61.3 Å². The number of halogens is 7. The Bertz CT molecular complexity index is 1250. The van der Waals surface area contributed by atoms with Crippen LogP contribution in [0.5, 0.6) is 0 Å². The molecule has 3 heterocycles. The lowest BCUT2D eigenvalue weighted by Crippen LogP contribution is -2.50. The number of alkyl halides is 5. The molecule has 39 heavy (non-hydrogen) atoms. The van der Waals surface area contributed by atoms with Crippen molar-refractivity contribution in [3.8, 4) is 0 Å². The second-order valence-electron chi connectivity index (χ2n) is 10.2. The molecular formula is C25H26F7N5O2. The first-order valence-corrected chi connectivity index (χ1v) is 12.0. The van der Waals surface area contributed by atoms with E-state index < -0.39 is 59.3 Å². The summed E-state index contributed by atoms with van der Waals surface area (Å²) in [6.45, 7) is 6.64. The van der Waals surface area contributed by atoms with Crippen LogP contribution in [0.2, 0.25) is 0 Å². The summed E-state index contributed by atoms with van der Waals surface area (Å²) < 4.78 is 101. The maximum atomic E-state index is 14.6. The van der Waals surface area contributed by atoms with E-state index in [0.29, 0.717) is 42.9 Å². The van der Waals surface area contributed by atoms with Gasteiger partial charge in [-0.3, -0.25) is 9.99 Å². The number of hydrogen-bond acceptors (Lipinski definition) is 6. The molecule has 7 nitrogen and oxygen atoms in total. The van der Waals surface area contributed by atoms with E-state index in [1.165, 1.54) is 17.3 Å². The van der Waals surface area contributed by atoms with Crippen LogP contribution < -0.4 is 9.91 Å². The highest BCUT2D eigenvalue weighted by Gasteiger charge is 2.63. The van der Waals surface area contributed by atoms with Crippen LogP contribution in [0.3, 0.4) is 0 Å². The van der Waals surface area contributed by atoms with Crippen LogP contribution in [0.25, 0.3) is 0 Å². The molecule has 0 spiro atoms. The second-order valence-corrected chi connectivity index (χ2v) is 10.2. The van der Waals surface area contributed by atoms with E-state index >= 15 is 0 Å². The third-order valence-corrected chi connectivity index (χ3v) is 6.21. The Hall–Kier alpha value is -3.58. The number of hydrazone groups is 1. The fourth-order valence-corrected chi connectivity index (χ4v) is 4.29. The number of benzene rings is 1. The fourth-order valence-electron chi connectivity index (χ4n) is 4.29. The van der Waals surface area contributed by atoms with Crippen LogP contribution in [0.1, 0.15) is 38.8 Å². The van der Waals surface area contributed by atoms with Gasteiger partial charge in [0.15, 0.2) is 5.82 Å². The molecule has 1 saturated heterocycles. The van der Waals surface area contributed by atoms with Gasteiger partial charge in [0.05, 0.1) is 23.6 Å². The van der Waals surface area contributed by atoms with Crippen molar-refractivity contribution in [2.45, 2.75) is 50.9 Å². The minimum Gasteiger partial charge on any atom is -0.444 e. The first-order chi connectivity index (χ1) is 18.1. The maximum Gasteiger partial charge on any atom is 0.459 e. The van der Waals surface area contributed by atoms with Crippen molar-refractivity contribution in [1.82, 2.24) is 9.88 Å². The highest BCUT2D eigenvalue weighted by Crippen LogP contribution is 2.45. The van der Waals surface area contributed by atoms with Crippen molar-refractivity contribution < 1.29 is 40.3 Å². The molecule has 2 aliphatic rings. The fraction of sp³-hybridized carbons (Fsp3) is 0.480. The molecule has 0 aliphatic carbocycles. The summed E-state index contributed by atoms with van der Waals surface area (Å²) in [7, 11) is 0. The number of ether oxygens (including phenoxy) is 1. The smallest absolute Gasteiger partial charge is 0.444 e. The molecule has 1 amide bonds. The molecule has 212 valence electrons. The molecule has 1 atom stereocenters. The SMILES string of the molecule is CC(C)(C)OC(=O)N1CCN(c2cncc(C3CC(C(F)(F)C(F)(F)F)=NN3c3ccc(F)cc3F)c2)CC1. The van der Waals surface area contributed by atoms with Crippen LogP contribution in [-0.4, -0.2) is 65.6 Å². The molecule has 0 saturated carbocycles. The van der Waals surface area contributed by atoms with E-state index in [1.807, 2.05) is 4.90 Å². The summed E-state index contributed by atoms with van der Waals surface area (Å²) in [5.41, 5.74) is -1.91. The number of rotatable bonds is 4. The van der Waals surface area contributed by atoms with Crippen molar-refractivity contribution in [3.63, 3.8) is 0 Å². The number of nitrogens with zero attached hydrogens (tertiary/aromatic N) is 5. The minimum absolute atomic E-state index is 0.197. The van der Waals surface area contributed by atoms with Gasteiger partial charge in [0.25, 0.3) is 0 Å². The van der Waals surface area contributed by atoms with Crippen LogP contribution in [0.15, 0.2) is 41.8 Å². The predicted octanol–water partition coefficient (Wildman–Crippen LogP) is 5.92. The third kappa shape index (κ3) is 6.04. The van der Waals surface area contributed by atoms with Gasteiger partial charge in [-0.1, -0.05) is 0 Å². The number of anilines is 2. The van der Waals surface area contributed by atoms with E-state index in [1.54, 1.807) is 26.8 Å². The normalized spacial score (nSPS) is 18.9. The molecule has 14 heteroatoms. The molecule has 1 aromatic heterocycles. The van der Waals surface area contributed by atoms with Crippen molar-refractivity contribution in [2.75, 3.05) is 36.1 Å². The van der Waals surface area contributed by atoms with Gasteiger partial charge in [0.2, 0.25) is 0 Å². The summed E-state index contributed by atoms with van der Waals surface area (Å²) in [6.07, 6.45) is -4.50. The molecule has 0 N–H and O–H groups in total. The Kier molecular flexibility index (Phi) is 7.43. The summed E-state index contributed by atoms with van der Waals surface area (Å²) in [6, 6.07) is 2.52. The average Bonchev–Trinajstić information content (AvgIpc) is 3.28. The number of carbonyl (C=O) groups is 1. The van der Waals surface area contributed by atoms with Gasteiger partial charge in [-0.25, -0.2) is 13.6 Å². The Morgan fingerprint density at radius 2 is 1.64 bits per heavy atom.